The maximum Gasteiger partial charge on any atom is 0.0900 e. The summed E-state index contributed by atoms with van der Waals surface area (Å²) in [5, 5.41) is 43.2. The third-order valence-electron chi connectivity index (χ3n) is 10.0. The Hall–Kier alpha value is 0.0600. The van der Waals surface area contributed by atoms with Crippen molar-refractivity contribution in [3.8, 4) is 0 Å². The first-order valence-corrected chi connectivity index (χ1v) is 25.3. The molecule has 0 rings (SSSR count). The molecule has 0 saturated carbocycles. The fourth-order valence-corrected chi connectivity index (χ4v) is 7.64. The van der Waals surface area contributed by atoms with E-state index in [1.54, 1.807) is 0 Å². The second kappa shape index (κ2) is 36.5. The molecule has 0 saturated heterocycles. The Morgan fingerprint density at radius 1 is 0.414 bits per heavy atom. The van der Waals surface area contributed by atoms with Gasteiger partial charge in [-0.05, 0) is 63.5 Å². The van der Waals surface area contributed by atoms with E-state index in [9.17, 15) is 20.4 Å². The number of ether oxygens (including phenoxy) is 4. The number of hydrogen-bond acceptors (Lipinski definition) is 16. The number of aliphatic hydroxyl groups is 4. The Morgan fingerprint density at radius 3 is 1.03 bits per heavy atom. The molecule has 0 aliphatic carbocycles. The Labute approximate surface area is 354 Å². The number of hydrogen-bond donors (Lipinski definition) is 10. The minimum absolute atomic E-state index is 0.0284. The lowest BCUT2D eigenvalue weighted by molar-refractivity contribution is -0.0170. The van der Waals surface area contributed by atoms with Crippen LogP contribution >= 0.6 is 21.7 Å². The molecular formula is C40H88N2O14S2. The number of rotatable bonds is 43. The van der Waals surface area contributed by atoms with Gasteiger partial charge in [0.05, 0.1) is 72.6 Å². The first-order valence-electron chi connectivity index (χ1n) is 22.0. The van der Waals surface area contributed by atoms with Crippen molar-refractivity contribution in [2.24, 2.45) is 11.8 Å². The van der Waals surface area contributed by atoms with Gasteiger partial charge in [-0.3, -0.25) is 9.80 Å². The van der Waals surface area contributed by atoms with Crippen LogP contribution in [0.2, 0.25) is 0 Å². The van der Waals surface area contributed by atoms with E-state index in [2.05, 4.69) is 27.7 Å². The molecule has 0 aliphatic rings. The highest BCUT2D eigenvalue weighted by Crippen LogP contribution is 2.33. The summed E-state index contributed by atoms with van der Waals surface area (Å²) in [6.45, 7) is 13.1. The predicted molar refractivity (Wildman–Crippen MR) is 235 cm³/mol. The van der Waals surface area contributed by atoms with Crippen LogP contribution in [0.15, 0.2) is 0 Å². The van der Waals surface area contributed by atoms with Crippen molar-refractivity contribution >= 4 is 21.7 Å². The molecule has 354 valence electrons. The van der Waals surface area contributed by atoms with E-state index in [0.29, 0.717) is 51.2 Å². The van der Waals surface area contributed by atoms with Crippen LogP contribution in [0.5, 0.6) is 0 Å². The Balaban J connectivity index is 5.14. The minimum atomic E-state index is -3.57. The molecule has 0 amide bonds. The van der Waals surface area contributed by atoms with Crippen LogP contribution in [0, 0.1) is 11.8 Å². The largest absolute Gasteiger partial charge is 0.389 e. The third-order valence-corrected chi connectivity index (χ3v) is 11.7. The van der Waals surface area contributed by atoms with Crippen molar-refractivity contribution in [3.05, 3.63) is 0 Å². The van der Waals surface area contributed by atoms with Crippen LogP contribution in [0.1, 0.15) is 118 Å². The molecule has 0 aromatic rings. The summed E-state index contributed by atoms with van der Waals surface area (Å²) in [6.07, 6.45) is 9.55. The quantitative estimate of drug-likeness (QED) is 0.0301. The highest BCUT2D eigenvalue weighted by molar-refractivity contribution is 8.19. The lowest BCUT2D eigenvalue weighted by Gasteiger charge is -2.28. The summed E-state index contributed by atoms with van der Waals surface area (Å²) < 4.78 is 77.6. The first kappa shape index (κ1) is 58.1. The molecule has 0 aromatic heterocycles. The number of unbranched alkanes of at least 4 members (excludes halogenated alkanes) is 5. The average Bonchev–Trinajstić information content (AvgIpc) is 3.14. The van der Waals surface area contributed by atoms with Gasteiger partial charge in [-0.1, -0.05) is 79.1 Å². The minimum Gasteiger partial charge on any atom is -0.389 e. The SMILES string of the molecule is CCCCC(CC)COCC(O)CN(CCCCCCN(CC(O)COCCCS(O)(O)O)CC(O)COCC(CC)CCCC)CC(O)COCCCS(O)(O)O. The smallest absolute Gasteiger partial charge is 0.0900 e. The monoisotopic (exact) mass is 885 g/mol. The molecular weight excluding hydrogens is 797 g/mol. The van der Waals surface area contributed by atoms with Gasteiger partial charge in [0.2, 0.25) is 0 Å². The highest BCUT2D eigenvalue weighted by atomic mass is 32.3. The zero-order valence-corrected chi connectivity index (χ0v) is 38.1. The van der Waals surface area contributed by atoms with Crippen LogP contribution in [0.25, 0.3) is 0 Å². The Kier molecular flexibility index (Phi) is 36.6. The average molecular weight is 885 g/mol. The van der Waals surface area contributed by atoms with E-state index in [1.807, 2.05) is 9.80 Å². The van der Waals surface area contributed by atoms with Gasteiger partial charge >= 0.3 is 0 Å². The molecule has 0 spiro atoms. The molecule has 0 aromatic carbocycles. The molecule has 18 heteroatoms. The zero-order valence-electron chi connectivity index (χ0n) is 36.5. The van der Waals surface area contributed by atoms with Gasteiger partial charge < -0.3 is 66.7 Å². The lowest BCUT2D eigenvalue weighted by Crippen LogP contribution is -2.42. The summed E-state index contributed by atoms with van der Waals surface area (Å²) in [5.74, 6) is 0.545. The van der Waals surface area contributed by atoms with Crippen molar-refractivity contribution < 1.29 is 66.7 Å². The summed E-state index contributed by atoms with van der Waals surface area (Å²) >= 11 is 0. The fourth-order valence-electron chi connectivity index (χ4n) is 6.63. The summed E-state index contributed by atoms with van der Waals surface area (Å²) in [4.78, 5) is 4.02. The number of aliphatic hydroxyl groups excluding tert-OH is 4. The van der Waals surface area contributed by atoms with Crippen LogP contribution in [0.4, 0.5) is 0 Å². The van der Waals surface area contributed by atoms with Gasteiger partial charge in [0, 0.05) is 64.1 Å². The molecule has 16 nitrogen and oxygen atoms in total. The second-order valence-corrected chi connectivity index (χ2v) is 19.3. The summed E-state index contributed by atoms with van der Waals surface area (Å²) in [5.41, 5.74) is 0. The summed E-state index contributed by atoms with van der Waals surface area (Å²) in [6, 6.07) is 0. The predicted octanol–water partition coefficient (Wildman–Crippen LogP) is 6.32. The maximum atomic E-state index is 10.9. The van der Waals surface area contributed by atoms with E-state index in [1.165, 1.54) is 0 Å². The van der Waals surface area contributed by atoms with Gasteiger partial charge in [0.1, 0.15) is 0 Å². The Bertz CT molecular complexity index is 839. The molecule has 0 heterocycles. The van der Waals surface area contributed by atoms with Crippen molar-refractivity contribution in [3.63, 3.8) is 0 Å². The van der Waals surface area contributed by atoms with E-state index in [4.69, 9.17) is 46.3 Å². The molecule has 0 aliphatic heterocycles. The van der Waals surface area contributed by atoms with Crippen LogP contribution in [0.3, 0.4) is 0 Å². The van der Waals surface area contributed by atoms with Gasteiger partial charge in [0.15, 0.2) is 0 Å². The van der Waals surface area contributed by atoms with Crippen molar-refractivity contribution in [2.45, 2.75) is 142 Å². The molecule has 0 fully saturated rings. The summed E-state index contributed by atoms with van der Waals surface area (Å²) in [7, 11) is -7.15. The normalized spacial score (nSPS) is 16.5. The standard InChI is InChI=1S/C40H88N2O14S2/c1-5-9-17-35(7-3)29-55-33-39(45)27-41(25-37(43)31-53-21-15-23-57(47,48)49)19-13-11-12-14-20-42(26-38(44)32-54-22-16-24-58(50,51)52)28-40(46)34-56-30-36(8-4)18-10-6-2/h35-40,43-52H,5-34H2,1-4H3. The van der Waals surface area contributed by atoms with Crippen molar-refractivity contribution in [2.75, 3.05) is 104 Å². The van der Waals surface area contributed by atoms with Crippen LogP contribution in [-0.2, 0) is 18.9 Å². The van der Waals surface area contributed by atoms with Gasteiger partial charge in [-0.2, -0.15) is 0 Å². The van der Waals surface area contributed by atoms with Gasteiger partial charge in [-0.25, -0.2) is 0 Å². The zero-order chi connectivity index (χ0) is 43.7. The first-order chi connectivity index (χ1) is 27.5. The molecule has 6 unspecified atom stereocenters. The fraction of sp³-hybridized carbons (Fsp3) is 1.00. The maximum absolute atomic E-state index is 10.9. The van der Waals surface area contributed by atoms with Crippen LogP contribution in [-0.4, -0.2) is 186 Å². The van der Waals surface area contributed by atoms with E-state index >= 15 is 0 Å². The van der Waals surface area contributed by atoms with Crippen LogP contribution < -0.4 is 0 Å². The second-order valence-electron chi connectivity index (χ2n) is 16.0. The van der Waals surface area contributed by atoms with Crippen molar-refractivity contribution in [1.29, 1.82) is 0 Å². The lowest BCUT2D eigenvalue weighted by atomic mass is 10.0. The third kappa shape index (κ3) is 37.8. The topological polar surface area (TPSA) is 246 Å². The number of nitrogens with zero attached hydrogens (tertiary/aromatic N) is 2. The molecule has 10 N–H and O–H groups in total. The molecule has 58 heavy (non-hydrogen) atoms. The molecule has 0 bridgehead atoms. The van der Waals surface area contributed by atoms with E-state index < -0.39 is 46.2 Å². The Morgan fingerprint density at radius 2 is 0.741 bits per heavy atom. The van der Waals surface area contributed by atoms with E-state index in [0.717, 1.165) is 77.0 Å². The highest BCUT2D eigenvalue weighted by Gasteiger charge is 2.20. The molecule has 6 atom stereocenters. The van der Waals surface area contributed by atoms with Gasteiger partial charge in [0.25, 0.3) is 0 Å². The van der Waals surface area contributed by atoms with Gasteiger partial charge in [-0.15, -0.1) is 0 Å². The molecule has 0 radical (unpaired) electrons. The van der Waals surface area contributed by atoms with Crippen molar-refractivity contribution in [1.82, 2.24) is 9.80 Å². The van der Waals surface area contributed by atoms with E-state index in [-0.39, 0.29) is 77.1 Å².